The van der Waals surface area contributed by atoms with Crippen LogP contribution >= 0.6 is 12.2 Å². The average Bonchev–Trinajstić information content (AvgIpc) is 2.60. The zero-order chi connectivity index (χ0) is 19.3. The standard InChI is InChI=1S/C20H26N2O2S2/c1-14(2)19(20(25)21-16(4)17-8-6-5-7-9-17)22-26(23,24)18-12-10-15(3)11-13-18/h5-14,16,19,22H,1-4H3,(H,21,25)/t16-,19-/m0/s1. The van der Waals surface area contributed by atoms with Crippen LogP contribution in [0.1, 0.15) is 37.9 Å². The van der Waals surface area contributed by atoms with E-state index in [4.69, 9.17) is 12.2 Å². The Kier molecular flexibility index (Phi) is 6.92. The molecule has 140 valence electrons. The maximum Gasteiger partial charge on any atom is 0.241 e. The highest BCUT2D eigenvalue weighted by molar-refractivity contribution is 7.89. The van der Waals surface area contributed by atoms with E-state index in [0.717, 1.165) is 11.1 Å². The quantitative estimate of drug-likeness (QED) is 0.702. The first-order chi connectivity index (χ1) is 12.2. The second-order valence-electron chi connectivity index (χ2n) is 6.80. The smallest absolute Gasteiger partial charge is 0.241 e. The summed E-state index contributed by atoms with van der Waals surface area (Å²) in [5.41, 5.74) is 2.11. The van der Waals surface area contributed by atoms with Crippen molar-refractivity contribution in [3.05, 3.63) is 65.7 Å². The van der Waals surface area contributed by atoms with Gasteiger partial charge in [0.15, 0.2) is 0 Å². The first-order valence-electron chi connectivity index (χ1n) is 8.65. The van der Waals surface area contributed by atoms with Crippen LogP contribution in [0.4, 0.5) is 0 Å². The number of benzene rings is 2. The molecule has 0 fully saturated rings. The third kappa shape index (κ3) is 5.37. The number of hydrogen-bond donors (Lipinski definition) is 2. The molecule has 0 aliphatic heterocycles. The van der Waals surface area contributed by atoms with Crippen molar-refractivity contribution >= 4 is 27.2 Å². The third-order valence-corrected chi connectivity index (χ3v) is 6.05. The number of sulfonamides is 1. The summed E-state index contributed by atoms with van der Waals surface area (Å²) < 4.78 is 28.2. The van der Waals surface area contributed by atoms with Crippen LogP contribution in [0.2, 0.25) is 0 Å². The summed E-state index contributed by atoms with van der Waals surface area (Å²) in [5, 5.41) is 3.27. The predicted molar refractivity (Wildman–Crippen MR) is 111 cm³/mol. The highest BCUT2D eigenvalue weighted by Gasteiger charge is 2.26. The monoisotopic (exact) mass is 390 g/mol. The van der Waals surface area contributed by atoms with E-state index in [9.17, 15) is 8.42 Å². The number of rotatable bonds is 7. The number of hydrogen-bond acceptors (Lipinski definition) is 3. The Morgan fingerprint density at radius 3 is 2.08 bits per heavy atom. The number of nitrogens with one attached hydrogen (secondary N) is 2. The lowest BCUT2D eigenvalue weighted by atomic mass is 10.0. The van der Waals surface area contributed by atoms with E-state index in [1.54, 1.807) is 24.3 Å². The molecule has 4 nitrogen and oxygen atoms in total. The normalized spacial score (nSPS) is 14.0. The second-order valence-corrected chi connectivity index (χ2v) is 8.95. The van der Waals surface area contributed by atoms with Gasteiger partial charge in [0.25, 0.3) is 0 Å². The Morgan fingerprint density at radius 2 is 1.54 bits per heavy atom. The van der Waals surface area contributed by atoms with Gasteiger partial charge in [-0.05, 0) is 37.5 Å². The van der Waals surface area contributed by atoms with E-state index in [1.807, 2.05) is 58.0 Å². The maximum absolute atomic E-state index is 12.7. The molecular formula is C20H26N2O2S2. The highest BCUT2D eigenvalue weighted by atomic mass is 32.2. The van der Waals surface area contributed by atoms with Gasteiger partial charge < -0.3 is 5.32 Å². The summed E-state index contributed by atoms with van der Waals surface area (Å²) >= 11 is 5.53. The Bertz CT molecular complexity index is 832. The SMILES string of the molecule is Cc1ccc(S(=O)(=O)N[C@H](C(=S)N[C@@H](C)c2ccccc2)C(C)C)cc1. The Hall–Kier alpha value is -1.76. The van der Waals surface area contributed by atoms with Crippen LogP contribution in [0, 0.1) is 12.8 Å². The summed E-state index contributed by atoms with van der Waals surface area (Å²) in [5.74, 6) is 0.0122. The van der Waals surface area contributed by atoms with Crippen molar-refractivity contribution < 1.29 is 8.42 Å². The van der Waals surface area contributed by atoms with Crippen molar-refractivity contribution in [2.75, 3.05) is 0 Å². The highest BCUT2D eigenvalue weighted by Crippen LogP contribution is 2.16. The molecule has 0 aliphatic carbocycles. The number of aryl methyl sites for hydroxylation is 1. The van der Waals surface area contributed by atoms with Crippen molar-refractivity contribution in [3.63, 3.8) is 0 Å². The third-order valence-electron chi connectivity index (χ3n) is 4.22. The first kappa shape index (κ1) is 20.6. The van der Waals surface area contributed by atoms with Crippen molar-refractivity contribution in [1.82, 2.24) is 10.0 Å². The number of thiocarbonyl (C=S) groups is 1. The summed E-state index contributed by atoms with van der Waals surface area (Å²) in [6.45, 7) is 7.82. The Labute approximate surface area is 162 Å². The van der Waals surface area contributed by atoms with Gasteiger partial charge in [-0.25, -0.2) is 13.1 Å². The molecule has 2 rings (SSSR count). The Morgan fingerprint density at radius 1 is 0.962 bits per heavy atom. The fourth-order valence-electron chi connectivity index (χ4n) is 2.57. The van der Waals surface area contributed by atoms with Crippen LogP contribution in [0.25, 0.3) is 0 Å². The molecule has 2 aromatic carbocycles. The molecule has 0 aliphatic rings. The van der Waals surface area contributed by atoms with Crippen molar-refractivity contribution in [2.45, 2.75) is 44.7 Å². The van der Waals surface area contributed by atoms with Crippen molar-refractivity contribution in [2.24, 2.45) is 5.92 Å². The molecule has 2 N–H and O–H groups in total. The summed E-state index contributed by atoms with van der Waals surface area (Å²) in [7, 11) is -3.64. The lowest BCUT2D eigenvalue weighted by Gasteiger charge is -2.26. The minimum atomic E-state index is -3.64. The van der Waals surface area contributed by atoms with Crippen molar-refractivity contribution in [3.8, 4) is 0 Å². The fourth-order valence-corrected chi connectivity index (χ4v) is 4.51. The largest absolute Gasteiger partial charge is 0.372 e. The van der Waals surface area contributed by atoms with Gasteiger partial charge in [-0.15, -0.1) is 0 Å². The molecule has 2 atom stereocenters. The van der Waals surface area contributed by atoms with Crippen LogP contribution in [-0.2, 0) is 10.0 Å². The minimum absolute atomic E-state index is 0.00571. The molecule has 2 aromatic rings. The molecule has 26 heavy (non-hydrogen) atoms. The molecule has 0 saturated carbocycles. The zero-order valence-corrected chi connectivity index (χ0v) is 17.2. The van der Waals surface area contributed by atoms with Gasteiger partial charge in [0.2, 0.25) is 10.0 Å². The van der Waals surface area contributed by atoms with E-state index in [2.05, 4.69) is 10.0 Å². The van der Waals surface area contributed by atoms with Crippen LogP contribution in [0.15, 0.2) is 59.5 Å². The molecule has 6 heteroatoms. The summed E-state index contributed by atoms with van der Waals surface area (Å²) in [6.07, 6.45) is 0. The van der Waals surface area contributed by atoms with Crippen molar-refractivity contribution in [1.29, 1.82) is 0 Å². The molecule has 0 bridgehead atoms. The molecular weight excluding hydrogens is 364 g/mol. The van der Waals surface area contributed by atoms with Gasteiger partial charge in [0, 0.05) is 6.04 Å². The van der Waals surface area contributed by atoms with Gasteiger partial charge in [-0.3, -0.25) is 0 Å². The van der Waals surface area contributed by atoms with E-state index < -0.39 is 16.1 Å². The zero-order valence-electron chi connectivity index (χ0n) is 15.6. The average molecular weight is 391 g/mol. The molecule has 0 spiro atoms. The first-order valence-corrected chi connectivity index (χ1v) is 10.5. The lowest BCUT2D eigenvalue weighted by molar-refractivity contribution is 0.516. The minimum Gasteiger partial charge on any atom is -0.372 e. The van der Waals surface area contributed by atoms with E-state index in [1.165, 1.54) is 0 Å². The second kappa shape index (κ2) is 8.75. The summed E-state index contributed by atoms with van der Waals surface area (Å²) in [4.78, 5) is 0.736. The van der Waals surface area contributed by atoms with Gasteiger partial charge in [-0.1, -0.05) is 74.1 Å². The van der Waals surface area contributed by atoms with E-state index >= 15 is 0 Å². The summed E-state index contributed by atoms with van der Waals surface area (Å²) in [6, 6.07) is 16.2. The van der Waals surface area contributed by atoms with Crippen LogP contribution in [-0.4, -0.2) is 19.4 Å². The van der Waals surface area contributed by atoms with E-state index in [0.29, 0.717) is 4.99 Å². The van der Waals surface area contributed by atoms with Crippen LogP contribution < -0.4 is 10.0 Å². The van der Waals surface area contributed by atoms with E-state index in [-0.39, 0.29) is 16.9 Å². The Balaban J connectivity index is 2.15. The molecule has 0 heterocycles. The molecule has 0 radical (unpaired) electrons. The lowest BCUT2D eigenvalue weighted by Crippen LogP contribution is -2.49. The topological polar surface area (TPSA) is 58.2 Å². The predicted octanol–water partition coefficient (Wildman–Crippen LogP) is 3.98. The van der Waals surface area contributed by atoms with Gasteiger partial charge >= 0.3 is 0 Å². The molecule has 0 amide bonds. The van der Waals surface area contributed by atoms with Gasteiger partial charge in [0.05, 0.1) is 15.9 Å². The molecule has 0 unspecified atom stereocenters. The van der Waals surface area contributed by atoms with Gasteiger partial charge in [-0.2, -0.15) is 0 Å². The maximum atomic E-state index is 12.7. The van der Waals surface area contributed by atoms with Gasteiger partial charge in [0.1, 0.15) is 0 Å². The molecule has 0 saturated heterocycles. The fraction of sp³-hybridized carbons (Fsp3) is 0.350. The van der Waals surface area contributed by atoms with Crippen LogP contribution in [0.3, 0.4) is 0 Å². The van der Waals surface area contributed by atoms with Crippen LogP contribution in [0.5, 0.6) is 0 Å². The molecule has 0 aromatic heterocycles.